The quantitative estimate of drug-likeness (QED) is 0.794. The van der Waals surface area contributed by atoms with Gasteiger partial charge in [-0.25, -0.2) is 4.98 Å². The van der Waals surface area contributed by atoms with Gasteiger partial charge in [0.25, 0.3) is 0 Å². The van der Waals surface area contributed by atoms with Crippen LogP contribution < -0.4 is 4.74 Å². The smallest absolute Gasteiger partial charge is 0.131 e. The molecule has 20 heavy (non-hydrogen) atoms. The lowest BCUT2D eigenvalue weighted by Gasteiger charge is -2.11. The average molecular weight is 285 g/mol. The summed E-state index contributed by atoms with van der Waals surface area (Å²) in [6.45, 7) is 2.81. The molecule has 1 saturated carbocycles. The van der Waals surface area contributed by atoms with E-state index in [0.29, 0.717) is 12.5 Å². The molecule has 1 fully saturated rings. The van der Waals surface area contributed by atoms with Crippen LogP contribution in [-0.4, -0.2) is 15.2 Å². The first-order valence-electron chi connectivity index (χ1n) is 6.78. The topological polar surface area (TPSA) is 50.8 Å². The van der Waals surface area contributed by atoms with Gasteiger partial charge in [-0.3, -0.25) is 5.10 Å². The van der Waals surface area contributed by atoms with E-state index in [2.05, 4.69) is 34.2 Å². The minimum atomic E-state index is 0.525. The second-order valence-corrected chi connectivity index (χ2v) is 6.15. The van der Waals surface area contributed by atoms with Crippen molar-refractivity contribution in [2.24, 2.45) is 5.92 Å². The van der Waals surface area contributed by atoms with Crippen LogP contribution in [0.15, 0.2) is 29.2 Å². The Balaban J connectivity index is 1.68. The first-order valence-corrected chi connectivity index (χ1v) is 7.72. The summed E-state index contributed by atoms with van der Waals surface area (Å²) in [5.41, 5.74) is 5.15. The van der Waals surface area contributed by atoms with Crippen molar-refractivity contribution in [2.45, 2.75) is 25.9 Å². The Morgan fingerprint density at radius 3 is 3.10 bits per heavy atom. The number of ether oxygens (including phenoxy) is 1. The molecule has 1 N–H and O–H groups in total. The van der Waals surface area contributed by atoms with E-state index in [9.17, 15) is 0 Å². The fraction of sp³-hybridized carbons (Fsp3) is 0.333. The van der Waals surface area contributed by atoms with Crippen molar-refractivity contribution in [1.82, 2.24) is 15.2 Å². The number of H-pyrrole nitrogens is 1. The van der Waals surface area contributed by atoms with Gasteiger partial charge in [-0.05, 0) is 29.9 Å². The van der Waals surface area contributed by atoms with Gasteiger partial charge in [0.1, 0.15) is 12.4 Å². The maximum Gasteiger partial charge on any atom is 0.131 e. The predicted molar refractivity (Wildman–Crippen MR) is 79.1 cm³/mol. The third-order valence-corrected chi connectivity index (χ3v) is 4.57. The van der Waals surface area contributed by atoms with E-state index in [1.54, 1.807) is 11.3 Å². The van der Waals surface area contributed by atoms with Crippen molar-refractivity contribution in [3.05, 3.63) is 40.5 Å². The Hall–Kier alpha value is -1.88. The molecule has 0 aliphatic heterocycles. The second-order valence-electron chi connectivity index (χ2n) is 5.44. The number of fused-ring (bicyclic) bond motifs is 1. The van der Waals surface area contributed by atoms with Gasteiger partial charge >= 0.3 is 0 Å². The highest BCUT2D eigenvalue weighted by atomic mass is 32.1. The zero-order valence-electron chi connectivity index (χ0n) is 11.2. The Kier molecular flexibility index (Phi) is 2.73. The SMILES string of the molecule is C[C@@H]1C[C@H]1c1cc2cn[nH]c2cc1OCc1cscn1. The van der Waals surface area contributed by atoms with Gasteiger partial charge in [-0.15, -0.1) is 11.3 Å². The lowest BCUT2D eigenvalue weighted by Crippen LogP contribution is -1.99. The summed E-state index contributed by atoms with van der Waals surface area (Å²) in [5.74, 6) is 2.34. The molecule has 102 valence electrons. The highest BCUT2D eigenvalue weighted by Gasteiger charge is 2.36. The summed E-state index contributed by atoms with van der Waals surface area (Å²) in [4.78, 5) is 4.26. The van der Waals surface area contributed by atoms with Crippen LogP contribution in [0.2, 0.25) is 0 Å². The Bertz CT molecular complexity index is 735. The molecule has 4 nitrogen and oxygen atoms in total. The van der Waals surface area contributed by atoms with Gasteiger partial charge < -0.3 is 4.74 Å². The molecule has 2 atom stereocenters. The van der Waals surface area contributed by atoms with Crippen molar-refractivity contribution >= 4 is 22.2 Å². The lowest BCUT2D eigenvalue weighted by atomic mass is 10.1. The van der Waals surface area contributed by atoms with E-state index in [4.69, 9.17) is 4.74 Å². The normalized spacial score (nSPS) is 21.2. The molecule has 4 rings (SSSR count). The number of hydrogen-bond donors (Lipinski definition) is 1. The molecule has 1 aliphatic carbocycles. The molecule has 2 heterocycles. The van der Waals surface area contributed by atoms with Crippen molar-refractivity contribution in [3.8, 4) is 5.75 Å². The summed E-state index contributed by atoms with van der Waals surface area (Å²) >= 11 is 1.59. The lowest BCUT2D eigenvalue weighted by molar-refractivity contribution is 0.299. The summed E-state index contributed by atoms with van der Waals surface area (Å²) in [7, 11) is 0. The first kappa shape index (κ1) is 11.9. The molecule has 0 saturated heterocycles. The van der Waals surface area contributed by atoms with E-state index >= 15 is 0 Å². The maximum absolute atomic E-state index is 6.01. The van der Waals surface area contributed by atoms with Crippen LogP contribution in [0.4, 0.5) is 0 Å². The Morgan fingerprint density at radius 2 is 2.35 bits per heavy atom. The predicted octanol–water partition coefficient (Wildman–Crippen LogP) is 3.72. The number of benzene rings is 1. The van der Waals surface area contributed by atoms with Gasteiger partial charge in [0.15, 0.2) is 0 Å². The number of nitrogens with zero attached hydrogens (tertiary/aromatic N) is 2. The van der Waals surface area contributed by atoms with E-state index in [1.165, 1.54) is 12.0 Å². The van der Waals surface area contributed by atoms with Gasteiger partial charge in [0.2, 0.25) is 0 Å². The molecule has 0 amide bonds. The van der Waals surface area contributed by atoms with Gasteiger partial charge in [0.05, 0.1) is 22.9 Å². The third kappa shape index (κ3) is 2.08. The number of aromatic nitrogens is 3. The number of rotatable bonds is 4. The van der Waals surface area contributed by atoms with Crippen LogP contribution in [0.3, 0.4) is 0 Å². The molecule has 3 aromatic rings. The van der Waals surface area contributed by atoms with E-state index in [-0.39, 0.29) is 0 Å². The number of hydrogen-bond acceptors (Lipinski definition) is 4. The largest absolute Gasteiger partial charge is 0.487 e. The van der Waals surface area contributed by atoms with Crippen molar-refractivity contribution in [3.63, 3.8) is 0 Å². The molecule has 5 heteroatoms. The van der Waals surface area contributed by atoms with Gasteiger partial charge in [-0.1, -0.05) is 6.92 Å². The van der Waals surface area contributed by atoms with Gasteiger partial charge in [-0.2, -0.15) is 5.10 Å². The van der Waals surface area contributed by atoms with E-state index < -0.39 is 0 Å². The fourth-order valence-electron chi connectivity index (χ4n) is 2.62. The molecule has 1 aromatic carbocycles. The van der Waals surface area contributed by atoms with Crippen LogP contribution in [0.1, 0.15) is 30.5 Å². The summed E-state index contributed by atoms with van der Waals surface area (Å²) in [6, 6.07) is 4.28. The van der Waals surface area contributed by atoms with E-state index in [0.717, 1.165) is 28.3 Å². The average Bonchev–Trinajstić information content (AvgIpc) is 2.89. The van der Waals surface area contributed by atoms with E-state index in [1.807, 2.05) is 17.1 Å². The van der Waals surface area contributed by atoms with Crippen LogP contribution in [0.25, 0.3) is 10.9 Å². The molecule has 2 aromatic heterocycles. The van der Waals surface area contributed by atoms with Crippen LogP contribution in [0.5, 0.6) is 5.75 Å². The molecule has 1 aliphatic rings. The molecule has 0 unspecified atom stereocenters. The molecule has 0 bridgehead atoms. The van der Waals surface area contributed by atoms with Crippen molar-refractivity contribution in [1.29, 1.82) is 0 Å². The van der Waals surface area contributed by atoms with Crippen molar-refractivity contribution < 1.29 is 4.74 Å². The minimum absolute atomic E-state index is 0.525. The van der Waals surface area contributed by atoms with Crippen LogP contribution >= 0.6 is 11.3 Å². The fourth-order valence-corrected chi connectivity index (χ4v) is 3.16. The molecule has 0 spiro atoms. The van der Waals surface area contributed by atoms with Crippen LogP contribution in [-0.2, 0) is 6.61 Å². The molecular formula is C15H15N3OS. The van der Waals surface area contributed by atoms with Crippen LogP contribution in [0, 0.1) is 5.92 Å². The highest BCUT2D eigenvalue weighted by Crippen LogP contribution is 2.50. The summed E-state index contributed by atoms with van der Waals surface area (Å²) < 4.78 is 6.01. The number of thiazole rings is 1. The molecule has 0 radical (unpaired) electrons. The summed E-state index contributed by atoms with van der Waals surface area (Å²) in [6.07, 6.45) is 3.12. The number of nitrogens with one attached hydrogen (secondary N) is 1. The molecular weight excluding hydrogens is 270 g/mol. The third-order valence-electron chi connectivity index (χ3n) is 3.94. The monoisotopic (exact) mass is 285 g/mol. The zero-order valence-corrected chi connectivity index (χ0v) is 12.0. The highest BCUT2D eigenvalue weighted by molar-refractivity contribution is 7.07. The maximum atomic E-state index is 6.01. The van der Waals surface area contributed by atoms with Gasteiger partial charge in [0, 0.05) is 16.8 Å². The Morgan fingerprint density at radius 1 is 1.45 bits per heavy atom. The first-order chi connectivity index (χ1) is 9.81. The summed E-state index contributed by atoms with van der Waals surface area (Å²) in [5, 5.41) is 10.3. The number of aromatic amines is 1. The van der Waals surface area contributed by atoms with Crippen molar-refractivity contribution in [2.75, 3.05) is 0 Å². The second kappa shape index (κ2) is 4.59. The zero-order chi connectivity index (χ0) is 13.5. The Labute approximate surface area is 120 Å². The standard InChI is InChI=1S/C15H15N3OS/c1-9-2-12(9)13-3-10-5-17-18-14(10)4-15(13)19-6-11-7-20-8-16-11/h3-5,7-9,12H,2,6H2,1H3,(H,17,18)/t9-,12-/m1/s1. The minimum Gasteiger partial charge on any atom is -0.487 e.